The van der Waals surface area contributed by atoms with Gasteiger partial charge in [0.25, 0.3) is 0 Å². The minimum absolute atomic E-state index is 0.00905. The summed E-state index contributed by atoms with van der Waals surface area (Å²) in [5.41, 5.74) is 4.35. The molecule has 0 bridgehead atoms. The second kappa shape index (κ2) is 9.54. The number of carbonyl (C=O) groups is 1. The van der Waals surface area contributed by atoms with E-state index in [-0.39, 0.29) is 12.0 Å². The second-order valence-corrected chi connectivity index (χ2v) is 7.34. The first-order valence-electron chi connectivity index (χ1n) is 10.2. The molecule has 0 radical (unpaired) electrons. The molecule has 2 aromatic heterocycles. The molecule has 0 saturated heterocycles. The quantitative estimate of drug-likeness (QED) is 0.622. The van der Waals surface area contributed by atoms with Gasteiger partial charge in [-0.3, -0.25) is 9.48 Å². The number of rotatable bonds is 8. The van der Waals surface area contributed by atoms with Gasteiger partial charge in [0.15, 0.2) is 0 Å². The van der Waals surface area contributed by atoms with Crippen molar-refractivity contribution in [2.75, 3.05) is 20.3 Å². The maximum Gasteiger partial charge on any atom is 0.220 e. The molecule has 0 saturated carbocycles. The van der Waals surface area contributed by atoms with E-state index in [4.69, 9.17) is 14.6 Å². The monoisotopic (exact) mass is 406 g/mol. The number of aromatic nitrogens is 3. The van der Waals surface area contributed by atoms with E-state index < -0.39 is 0 Å². The predicted molar refractivity (Wildman–Crippen MR) is 112 cm³/mol. The Morgan fingerprint density at radius 2 is 2.13 bits per heavy atom. The van der Waals surface area contributed by atoms with Crippen molar-refractivity contribution in [2.45, 2.75) is 31.9 Å². The fourth-order valence-corrected chi connectivity index (χ4v) is 3.61. The van der Waals surface area contributed by atoms with Crippen LogP contribution in [-0.2, 0) is 28.9 Å². The lowest BCUT2D eigenvalue weighted by atomic mass is 10.1. The standard InChI is InChI=1S/C23H26N4O3/c1-29-22-13-17(9-11-24-22)7-8-21(28)25-14-20-23-19(10-12-30-20)16-27(26-23)15-18-5-3-2-4-6-18/h2-6,9,11,13,16,20H,7-8,10,12,14-15H2,1H3,(H,25,28)/t20-/m0/s1. The third-order valence-corrected chi connectivity index (χ3v) is 5.19. The molecule has 1 aliphatic heterocycles. The number of amides is 1. The molecule has 7 nitrogen and oxygen atoms in total. The van der Waals surface area contributed by atoms with Crippen molar-refractivity contribution >= 4 is 5.91 Å². The van der Waals surface area contributed by atoms with Crippen molar-refractivity contribution < 1.29 is 14.3 Å². The van der Waals surface area contributed by atoms with Crippen LogP contribution in [0.3, 0.4) is 0 Å². The summed E-state index contributed by atoms with van der Waals surface area (Å²) in [5.74, 6) is 0.548. The van der Waals surface area contributed by atoms with Crippen LogP contribution in [0, 0.1) is 0 Å². The number of benzene rings is 1. The van der Waals surface area contributed by atoms with Gasteiger partial charge in [-0.2, -0.15) is 5.10 Å². The summed E-state index contributed by atoms with van der Waals surface area (Å²) in [4.78, 5) is 16.4. The zero-order chi connectivity index (χ0) is 20.8. The number of ether oxygens (including phenoxy) is 2. The number of carbonyl (C=O) groups excluding carboxylic acids is 1. The number of methoxy groups -OCH3 is 1. The first-order valence-corrected chi connectivity index (χ1v) is 10.2. The van der Waals surface area contributed by atoms with Crippen LogP contribution in [0.15, 0.2) is 54.9 Å². The van der Waals surface area contributed by atoms with E-state index >= 15 is 0 Å². The fraction of sp³-hybridized carbons (Fsp3) is 0.348. The Balaban J connectivity index is 1.31. The smallest absolute Gasteiger partial charge is 0.220 e. The zero-order valence-corrected chi connectivity index (χ0v) is 17.1. The van der Waals surface area contributed by atoms with E-state index in [9.17, 15) is 4.79 Å². The molecule has 0 unspecified atom stereocenters. The summed E-state index contributed by atoms with van der Waals surface area (Å²) in [7, 11) is 1.58. The van der Waals surface area contributed by atoms with Crippen LogP contribution in [0.1, 0.15) is 34.9 Å². The Hall–Kier alpha value is -3.19. The molecule has 3 aromatic rings. The molecule has 156 valence electrons. The Labute approximate surface area is 176 Å². The average molecular weight is 406 g/mol. The van der Waals surface area contributed by atoms with Crippen molar-refractivity contribution in [1.82, 2.24) is 20.1 Å². The lowest BCUT2D eigenvalue weighted by Crippen LogP contribution is -2.32. The predicted octanol–water partition coefficient (Wildman–Crippen LogP) is 2.70. The molecule has 1 atom stereocenters. The molecule has 1 amide bonds. The highest BCUT2D eigenvalue weighted by molar-refractivity contribution is 5.76. The minimum atomic E-state index is -0.212. The van der Waals surface area contributed by atoms with Crippen LogP contribution < -0.4 is 10.1 Å². The van der Waals surface area contributed by atoms with Crippen molar-refractivity contribution in [1.29, 1.82) is 0 Å². The topological polar surface area (TPSA) is 78.3 Å². The van der Waals surface area contributed by atoms with Crippen LogP contribution in [0.25, 0.3) is 0 Å². The number of hydrogen-bond acceptors (Lipinski definition) is 5. The Morgan fingerprint density at radius 3 is 2.97 bits per heavy atom. The first kappa shape index (κ1) is 20.1. The Bertz CT molecular complexity index is 987. The highest BCUT2D eigenvalue weighted by Gasteiger charge is 2.25. The van der Waals surface area contributed by atoms with Gasteiger partial charge in [-0.05, 0) is 35.6 Å². The van der Waals surface area contributed by atoms with Gasteiger partial charge in [0.2, 0.25) is 11.8 Å². The zero-order valence-electron chi connectivity index (χ0n) is 17.1. The van der Waals surface area contributed by atoms with Crippen molar-refractivity contribution in [3.05, 3.63) is 77.2 Å². The van der Waals surface area contributed by atoms with Gasteiger partial charge >= 0.3 is 0 Å². The van der Waals surface area contributed by atoms with Crippen molar-refractivity contribution in [3.63, 3.8) is 0 Å². The SMILES string of the molecule is COc1cc(CCC(=O)NC[C@@H]2OCCc3cn(Cc4ccccc4)nc32)ccn1. The Morgan fingerprint density at radius 1 is 1.27 bits per heavy atom. The van der Waals surface area contributed by atoms with Gasteiger partial charge in [-0.25, -0.2) is 4.98 Å². The fourth-order valence-electron chi connectivity index (χ4n) is 3.61. The van der Waals surface area contributed by atoms with Gasteiger partial charge < -0.3 is 14.8 Å². The highest BCUT2D eigenvalue weighted by atomic mass is 16.5. The van der Waals surface area contributed by atoms with Gasteiger partial charge in [-0.15, -0.1) is 0 Å². The molecule has 1 aromatic carbocycles. The van der Waals surface area contributed by atoms with Gasteiger partial charge in [0, 0.05) is 31.4 Å². The minimum Gasteiger partial charge on any atom is -0.481 e. The molecule has 1 aliphatic rings. The normalized spacial score (nSPS) is 15.4. The summed E-state index contributed by atoms with van der Waals surface area (Å²) in [6, 6.07) is 14.0. The molecule has 4 rings (SSSR count). The molecule has 3 heterocycles. The van der Waals surface area contributed by atoms with Gasteiger partial charge in [0.1, 0.15) is 6.10 Å². The third-order valence-electron chi connectivity index (χ3n) is 5.19. The molecule has 0 fully saturated rings. The van der Waals surface area contributed by atoms with Crippen LogP contribution in [0.5, 0.6) is 5.88 Å². The van der Waals surface area contributed by atoms with Crippen LogP contribution in [-0.4, -0.2) is 40.9 Å². The number of nitrogens with zero attached hydrogens (tertiary/aromatic N) is 3. The summed E-state index contributed by atoms with van der Waals surface area (Å²) < 4.78 is 13.0. The maximum absolute atomic E-state index is 12.3. The van der Waals surface area contributed by atoms with Gasteiger partial charge in [-0.1, -0.05) is 30.3 Å². The lowest BCUT2D eigenvalue weighted by molar-refractivity contribution is -0.121. The number of fused-ring (bicyclic) bond motifs is 1. The van der Waals surface area contributed by atoms with Crippen LogP contribution >= 0.6 is 0 Å². The number of aryl methyl sites for hydroxylation is 1. The highest BCUT2D eigenvalue weighted by Crippen LogP contribution is 2.25. The van der Waals surface area contributed by atoms with Crippen molar-refractivity contribution in [3.8, 4) is 5.88 Å². The molecule has 1 N–H and O–H groups in total. The van der Waals surface area contributed by atoms with E-state index in [0.29, 0.717) is 31.9 Å². The largest absolute Gasteiger partial charge is 0.481 e. The van der Waals surface area contributed by atoms with Crippen LogP contribution in [0.4, 0.5) is 0 Å². The molecule has 7 heteroatoms. The number of nitrogens with one attached hydrogen (secondary N) is 1. The number of pyridine rings is 1. The second-order valence-electron chi connectivity index (χ2n) is 7.34. The van der Waals surface area contributed by atoms with Crippen LogP contribution in [0.2, 0.25) is 0 Å². The molecular weight excluding hydrogens is 380 g/mol. The summed E-state index contributed by atoms with van der Waals surface area (Å²) in [5, 5.41) is 7.73. The Kier molecular flexibility index (Phi) is 6.39. The van der Waals surface area contributed by atoms with E-state index in [1.54, 1.807) is 13.3 Å². The van der Waals surface area contributed by atoms with Crippen molar-refractivity contribution in [2.24, 2.45) is 0 Å². The van der Waals surface area contributed by atoms with E-state index in [0.717, 1.165) is 24.2 Å². The maximum atomic E-state index is 12.3. The van der Waals surface area contributed by atoms with E-state index in [2.05, 4.69) is 28.6 Å². The molecule has 0 spiro atoms. The number of hydrogen-bond donors (Lipinski definition) is 1. The van der Waals surface area contributed by atoms with E-state index in [1.807, 2.05) is 35.0 Å². The summed E-state index contributed by atoms with van der Waals surface area (Å²) >= 11 is 0. The first-order chi connectivity index (χ1) is 14.7. The van der Waals surface area contributed by atoms with Gasteiger partial charge in [0.05, 0.1) is 26.0 Å². The summed E-state index contributed by atoms with van der Waals surface area (Å²) in [6.45, 7) is 1.79. The van der Waals surface area contributed by atoms with E-state index in [1.165, 1.54) is 11.1 Å². The molecule has 0 aliphatic carbocycles. The average Bonchev–Trinajstić information content (AvgIpc) is 3.20. The third kappa shape index (κ3) is 5.04. The lowest BCUT2D eigenvalue weighted by Gasteiger charge is -2.22. The molecule has 30 heavy (non-hydrogen) atoms. The summed E-state index contributed by atoms with van der Waals surface area (Å²) in [6.07, 6.45) is 5.45. The molecular formula is C23H26N4O3.